The fourth-order valence-electron chi connectivity index (χ4n) is 2.97. The molecule has 2 unspecified atom stereocenters. The Hall–Kier alpha value is -1.42. The fourth-order valence-corrected chi connectivity index (χ4v) is 2.97. The van der Waals surface area contributed by atoms with Gasteiger partial charge in [-0.2, -0.15) is 0 Å². The van der Waals surface area contributed by atoms with E-state index in [2.05, 4.69) is 12.2 Å². The van der Waals surface area contributed by atoms with Crippen molar-refractivity contribution in [1.29, 1.82) is 0 Å². The molecule has 1 saturated carbocycles. The van der Waals surface area contributed by atoms with Crippen LogP contribution in [0.25, 0.3) is 0 Å². The molecule has 1 aliphatic carbocycles. The molecule has 0 aliphatic heterocycles. The lowest BCUT2D eigenvalue weighted by Crippen LogP contribution is -2.56. The predicted molar refractivity (Wildman–Crippen MR) is 77.5 cm³/mol. The Bertz CT molecular complexity index is 474. The molecule has 1 amide bonds. The fraction of sp³-hybridized carbons (Fsp3) is 0.562. The second-order valence-electron chi connectivity index (χ2n) is 6.10. The van der Waals surface area contributed by atoms with Crippen molar-refractivity contribution in [2.75, 3.05) is 0 Å². The van der Waals surface area contributed by atoms with Crippen LogP contribution >= 0.6 is 0 Å². The number of amides is 1. The Morgan fingerprint density at radius 2 is 2.10 bits per heavy atom. The van der Waals surface area contributed by atoms with Gasteiger partial charge in [-0.25, -0.2) is 4.39 Å². The molecule has 3 nitrogen and oxygen atoms in total. The van der Waals surface area contributed by atoms with Crippen molar-refractivity contribution in [2.45, 2.75) is 51.1 Å². The molecule has 20 heavy (non-hydrogen) atoms. The Balaban J connectivity index is 2.01. The Labute approximate surface area is 119 Å². The summed E-state index contributed by atoms with van der Waals surface area (Å²) in [6.07, 6.45) is 3.60. The van der Waals surface area contributed by atoms with Gasteiger partial charge in [-0.05, 0) is 43.4 Å². The predicted octanol–water partition coefficient (Wildman–Crippen LogP) is 2.91. The molecule has 2 rings (SSSR count). The molecule has 4 heteroatoms. The number of carbonyl (C=O) groups is 1. The number of carbonyl (C=O) groups excluding carboxylic acids is 1. The van der Waals surface area contributed by atoms with Crippen LogP contribution in [0.3, 0.4) is 0 Å². The Morgan fingerprint density at radius 3 is 2.70 bits per heavy atom. The van der Waals surface area contributed by atoms with Gasteiger partial charge in [-0.3, -0.25) is 4.79 Å². The van der Waals surface area contributed by atoms with Crippen LogP contribution in [0.1, 0.15) is 51.1 Å². The maximum atomic E-state index is 12.9. The van der Waals surface area contributed by atoms with E-state index in [0.29, 0.717) is 5.92 Å². The van der Waals surface area contributed by atoms with Crippen LogP contribution in [0.5, 0.6) is 0 Å². The molecule has 0 bridgehead atoms. The van der Waals surface area contributed by atoms with Crippen LogP contribution in [-0.4, -0.2) is 11.4 Å². The van der Waals surface area contributed by atoms with E-state index in [1.165, 1.54) is 12.1 Å². The topological polar surface area (TPSA) is 55.1 Å². The molecular weight excluding hydrogens is 255 g/mol. The molecular formula is C16H23FN2O. The minimum absolute atomic E-state index is 0.0964. The number of halogens is 1. The molecule has 3 atom stereocenters. The third-order valence-corrected chi connectivity index (χ3v) is 4.20. The standard InChI is InChI=1S/C16H23FN2O/c1-11-4-3-9-16(18,10-11)15(20)19-12(2)13-5-7-14(17)8-6-13/h5-8,11-12H,3-4,9-10,18H2,1-2H3,(H,19,20)/t11?,12-,16?/m1/s1. The van der Waals surface area contributed by atoms with Crippen LogP contribution in [0, 0.1) is 11.7 Å². The van der Waals surface area contributed by atoms with Crippen molar-refractivity contribution in [3.05, 3.63) is 35.6 Å². The molecule has 1 aliphatic rings. The van der Waals surface area contributed by atoms with Gasteiger partial charge in [0.25, 0.3) is 0 Å². The first-order valence-electron chi connectivity index (χ1n) is 7.26. The van der Waals surface area contributed by atoms with Crippen molar-refractivity contribution in [3.8, 4) is 0 Å². The highest BCUT2D eigenvalue weighted by Crippen LogP contribution is 2.31. The minimum atomic E-state index is -0.758. The number of hydrogen-bond donors (Lipinski definition) is 2. The van der Waals surface area contributed by atoms with Gasteiger partial charge in [-0.1, -0.05) is 31.9 Å². The molecule has 1 aromatic carbocycles. The molecule has 1 aromatic rings. The van der Waals surface area contributed by atoms with E-state index in [0.717, 1.165) is 31.2 Å². The van der Waals surface area contributed by atoms with Crippen LogP contribution in [0.15, 0.2) is 24.3 Å². The molecule has 0 saturated heterocycles. The van der Waals surface area contributed by atoms with Crippen LogP contribution in [0.2, 0.25) is 0 Å². The summed E-state index contributed by atoms with van der Waals surface area (Å²) in [6, 6.07) is 6.01. The maximum Gasteiger partial charge on any atom is 0.240 e. The van der Waals surface area contributed by atoms with Gasteiger partial charge in [0, 0.05) is 0 Å². The lowest BCUT2D eigenvalue weighted by atomic mass is 9.76. The monoisotopic (exact) mass is 278 g/mol. The molecule has 0 radical (unpaired) electrons. The number of hydrogen-bond acceptors (Lipinski definition) is 2. The first-order chi connectivity index (χ1) is 9.40. The summed E-state index contributed by atoms with van der Waals surface area (Å²) in [5, 5.41) is 2.96. The third-order valence-electron chi connectivity index (χ3n) is 4.20. The first kappa shape index (κ1) is 15.0. The summed E-state index contributed by atoms with van der Waals surface area (Å²) in [4.78, 5) is 12.4. The van der Waals surface area contributed by atoms with Crippen molar-refractivity contribution < 1.29 is 9.18 Å². The van der Waals surface area contributed by atoms with Gasteiger partial charge in [0.2, 0.25) is 5.91 Å². The highest BCUT2D eigenvalue weighted by Gasteiger charge is 2.38. The third kappa shape index (κ3) is 3.37. The average molecular weight is 278 g/mol. The Kier molecular flexibility index (Phi) is 4.43. The Morgan fingerprint density at radius 1 is 1.45 bits per heavy atom. The molecule has 0 heterocycles. The summed E-state index contributed by atoms with van der Waals surface area (Å²) in [6.45, 7) is 4.03. The molecule has 110 valence electrons. The molecule has 1 fully saturated rings. The van der Waals surface area contributed by atoms with E-state index in [4.69, 9.17) is 5.73 Å². The van der Waals surface area contributed by atoms with E-state index >= 15 is 0 Å². The average Bonchev–Trinajstić information content (AvgIpc) is 2.39. The van der Waals surface area contributed by atoms with E-state index in [-0.39, 0.29) is 17.8 Å². The van der Waals surface area contributed by atoms with Crippen LogP contribution in [-0.2, 0) is 4.79 Å². The second kappa shape index (κ2) is 5.92. The van der Waals surface area contributed by atoms with Gasteiger partial charge in [0.05, 0.1) is 11.6 Å². The van der Waals surface area contributed by atoms with Gasteiger partial charge >= 0.3 is 0 Å². The number of rotatable bonds is 3. The highest BCUT2D eigenvalue weighted by molar-refractivity contribution is 5.86. The van der Waals surface area contributed by atoms with Crippen molar-refractivity contribution in [1.82, 2.24) is 5.32 Å². The largest absolute Gasteiger partial charge is 0.348 e. The minimum Gasteiger partial charge on any atom is -0.348 e. The lowest BCUT2D eigenvalue weighted by Gasteiger charge is -2.36. The quantitative estimate of drug-likeness (QED) is 0.893. The number of benzene rings is 1. The summed E-state index contributed by atoms with van der Waals surface area (Å²) in [5.74, 6) is 0.116. The van der Waals surface area contributed by atoms with E-state index in [1.807, 2.05) is 6.92 Å². The molecule has 0 aromatic heterocycles. The zero-order valence-electron chi connectivity index (χ0n) is 12.2. The molecule has 0 spiro atoms. The number of nitrogens with two attached hydrogens (primary N) is 1. The SMILES string of the molecule is CC1CCCC(N)(C(=O)N[C@H](C)c2ccc(F)cc2)C1. The highest BCUT2D eigenvalue weighted by atomic mass is 19.1. The van der Waals surface area contributed by atoms with Crippen LogP contribution < -0.4 is 11.1 Å². The van der Waals surface area contributed by atoms with Crippen LogP contribution in [0.4, 0.5) is 4.39 Å². The zero-order valence-corrected chi connectivity index (χ0v) is 12.2. The van der Waals surface area contributed by atoms with Crippen molar-refractivity contribution in [2.24, 2.45) is 11.7 Å². The lowest BCUT2D eigenvalue weighted by molar-refractivity contribution is -0.128. The van der Waals surface area contributed by atoms with Gasteiger partial charge < -0.3 is 11.1 Å². The second-order valence-corrected chi connectivity index (χ2v) is 6.10. The molecule has 3 N–H and O–H groups in total. The van der Waals surface area contributed by atoms with Gasteiger partial charge in [0.1, 0.15) is 5.82 Å². The van der Waals surface area contributed by atoms with Crippen molar-refractivity contribution in [3.63, 3.8) is 0 Å². The summed E-state index contributed by atoms with van der Waals surface area (Å²) >= 11 is 0. The van der Waals surface area contributed by atoms with E-state index < -0.39 is 5.54 Å². The summed E-state index contributed by atoms with van der Waals surface area (Å²) < 4.78 is 12.9. The first-order valence-corrected chi connectivity index (χ1v) is 7.26. The number of nitrogens with one attached hydrogen (secondary N) is 1. The normalized spacial score (nSPS) is 27.9. The maximum absolute atomic E-state index is 12.9. The van der Waals surface area contributed by atoms with E-state index in [9.17, 15) is 9.18 Å². The zero-order chi connectivity index (χ0) is 14.8. The van der Waals surface area contributed by atoms with Crippen molar-refractivity contribution >= 4 is 5.91 Å². The van der Waals surface area contributed by atoms with Gasteiger partial charge in [-0.15, -0.1) is 0 Å². The summed E-state index contributed by atoms with van der Waals surface area (Å²) in [5.41, 5.74) is 6.40. The van der Waals surface area contributed by atoms with Gasteiger partial charge in [0.15, 0.2) is 0 Å². The van der Waals surface area contributed by atoms with E-state index in [1.54, 1.807) is 12.1 Å². The summed E-state index contributed by atoms with van der Waals surface area (Å²) in [7, 11) is 0. The smallest absolute Gasteiger partial charge is 0.240 e.